The van der Waals surface area contributed by atoms with Crippen LogP contribution in [-0.2, 0) is 0 Å². The maximum atomic E-state index is 13.4. The van der Waals surface area contributed by atoms with E-state index in [0.717, 1.165) is 22.2 Å². The van der Waals surface area contributed by atoms with E-state index in [4.69, 9.17) is 16.6 Å². The molecule has 5 aromatic rings. The second-order valence-electron chi connectivity index (χ2n) is 7.44. The van der Waals surface area contributed by atoms with Crippen LogP contribution in [0.25, 0.3) is 27.5 Å². The molecule has 0 atom stereocenters. The number of H-pyrrole nitrogens is 1. The van der Waals surface area contributed by atoms with E-state index in [9.17, 15) is 9.59 Å². The summed E-state index contributed by atoms with van der Waals surface area (Å²) >= 11 is 7.39. The van der Waals surface area contributed by atoms with E-state index in [1.165, 1.54) is 11.8 Å². The minimum atomic E-state index is -0.192. The van der Waals surface area contributed by atoms with E-state index < -0.39 is 0 Å². The van der Waals surface area contributed by atoms with Crippen LogP contribution in [0, 0.1) is 6.92 Å². The number of aromatic nitrogens is 3. The van der Waals surface area contributed by atoms with Crippen LogP contribution in [0.1, 0.15) is 15.9 Å². The molecule has 1 N–H and O–H groups in total. The predicted molar refractivity (Wildman–Crippen MR) is 130 cm³/mol. The van der Waals surface area contributed by atoms with Crippen molar-refractivity contribution < 1.29 is 4.79 Å². The van der Waals surface area contributed by atoms with Gasteiger partial charge < -0.3 is 4.98 Å². The third-order valence-corrected chi connectivity index (χ3v) is 6.55. The van der Waals surface area contributed by atoms with E-state index in [0.29, 0.717) is 26.6 Å². The summed E-state index contributed by atoms with van der Waals surface area (Å²) in [6.45, 7) is 1.94. The molecule has 0 amide bonds. The van der Waals surface area contributed by atoms with Crippen molar-refractivity contribution in [2.45, 2.75) is 12.1 Å². The van der Waals surface area contributed by atoms with Gasteiger partial charge in [-0.3, -0.25) is 14.2 Å². The van der Waals surface area contributed by atoms with Gasteiger partial charge in [-0.15, -0.1) is 0 Å². The van der Waals surface area contributed by atoms with Gasteiger partial charge in [0, 0.05) is 27.7 Å². The maximum absolute atomic E-state index is 13.4. The number of aromatic amines is 1. The number of halogens is 1. The van der Waals surface area contributed by atoms with Gasteiger partial charge in [-0.1, -0.05) is 59.8 Å². The number of carbonyl (C=O) groups is 1. The number of hydrogen-bond donors (Lipinski definition) is 1. The molecule has 0 unspecified atom stereocenters. The maximum Gasteiger partial charge on any atom is 0.266 e. The van der Waals surface area contributed by atoms with Gasteiger partial charge in [-0.05, 0) is 42.8 Å². The Kier molecular flexibility index (Phi) is 5.33. The average molecular weight is 460 g/mol. The summed E-state index contributed by atoms with van der Waals surface area (Å²) < 4.78 is 1.58. The van der Waals surface area contributed by atoms with Crippen molar-refractivity contribution in [1.29, 1.82) is 0 Å². The van der Waals surface area contributed by atoms with Crippen molar-refractivity contribution in [3.05, 3.63) is 99.4 Å². The highest BCUT2D eigenvalue weighted by atomic mass is 35.5. The smallest absolute Gasteiger partial charge is 0.266 e. The molecule has 2 aromatic heterocycles. The Labute approximate surface area is 193 Å². The van der Waals surface area contributed by atoms with Crippen molar-refractivity contribution in [2.24, 2.45) is 0 Å². The number of nitrogens with one attached hydrogen (secondary N) is 1. The number of fused-ring (bicyclic) bond motifs is 2. The first-order chi connectivity index (χ1) is 15.5. The van der Waals surface area contributed by atoms with E-state index in [-0.39, 0.29) is 17.1 Å². The van der Waals surface area contributed by atoms with Crippen molar-refractivity contribution in [3.63, 3.8) is 0 Å². The summed E-state index contributed by atoms with van der Waals surface area (Å²) in [5, 5.41) is 2.31. The standard InChI is InChI=1S/C25H18ClN3O2S/c1-15-6-2-5-9-22(15)29-24(31)18-11-10-16(26)12-21(18)28-25(29)32-14-23(30)19-13-27-20-8-4-3-7-17(19)20/h2-13,27H,14H2,1H3. The highest BCUT2D eigenvalue weighted by Gasteiger charge is 2.18. The number of thioether (sulfide) groups is 1. The van der Waals surface area contributed by atoms with Crippen LogP contribution in [0.5, 0.6) is 0 Å². The van der Waals surface area contributed by atoms with Crippen molar-refractivity contribution in [3.8, 4) is 5.69 Å². The zero-order valence-electron chi connectivity index (χ0n) is 17.1. The molecule has 0 aliphatic carbocycles. The molecule has 32 heavy (non-hydrogen) atoms. The Balaban J connectivity index is 1.59. The van der Waals surface area contributed by atoms with Crippen LogP contribution in [0.4, 0.5) is 0 Å². The lowest BCUT2D eigenvalue weighted by Crippen LogP contribution is -2.23. The molecule has 0 saturated heterocycles. The Bertz CT molecular complexity index is 1550. The van der Waals surface area contributed by atoms with Crippen LogP contribution in [0.15, 0.2) is 82.9 Å². The summed E-state index contributed by atoms with van der Waals surface area (Å²) in [4.78, 5) is 34.3. The number of aryl methyl sites for hydroxylation is 1. The number of hydrogen-bond acceptors (Lipinski definition) is 4. The summed E-state index contributed by atoms with van der Waals surface area (Å²) in [5.74, 6) is 0.107. The largest absolute Gasteiger partial charge is 0.360 e. The third kappa shape index (κ3) is 3.61. The van der Waals surface area contributed by atoms with Gasteiger partial charge in [0.1, 0.15) is 0 Å². The zero-order chi connectivity index (χ0) is 22.2. The summed E-state index contributed by atoms with van der Waals surface area (Å²) in [7, 11) is 0. The minimum absolute atomic E-state index is 0.0378. The van der Waals surface area contributed by atoms with Gasteiger partial charge in [-0.2, -0.15) is 0 Å². The van der Waals surface area contributed by atoms with Crippen molar-refractivity contribution in [1.82, 2.24) is 14.5 Å². The van der Waals surface area contributed by atoms with Gasteiger partial charge in [0.2, 0.25) is 0 Å². The average Bonchev–Trinajstić information content (AvgIpc) is 3.22. The number of para-hydroxylation sites is 2. The number of carbonyl (C=O) groups excluding carboxylic acids is 1. The Morgan fingerprint density at radius 3 is 2.69 bits per heavy atom. The number of benzene rings is 3. The Hall–Kier alpha value is -3.35. The molecule has 0 bridgehead atoms. The third-order valence-electron chi connectivity index (χ3n) is 5.38. The number of ketones is 1. The highest BCUT2D eigenvalue weighted by molar-refractivity contribution is 7.99. The molecule has 2 heterocycles. The van der Waals surface area contributed by atoms with Crippen LogP contribution in [0.3, 0.4) is 0 Å². The van der Waals surface area contributed by atoms with Crippen LogP contribution in [0.2, 0.25) is 5.02 Å². The van der Waals surface area contributed by atoms with E-state index in [1.54, 1.807) is 29.0 Å². The zero-order valence-corrected chi connectivity index (χ0v) is 18.7. The lowest BCUT2D eigenvalue weighted by Gasteiger charge is -2.15. The van der Waals surface area contributed by atoms with Gasteiger partial charge in [-0.25, -0.2) is 4.98 Å². The molecule has 0 saturated carbocycles. The Morgan fingerprint density at radius 1 is 1.06 bits per heavy atom. The van der Waals surface area contributed by atoms with E-state index >= 15 is 0 Å². The second kappa shape index (κ2) is 8.30. The fraction of sp³-hybridized carbons (Fsp3) is 0.0800. The predicted octanol–water partition coefficient (Wildman–Crippen LogP) is 5.80. The Morgan fingerprint density at radius 2 is 1.84 bits per heavy atom. The molecular formula is C25H18ClN3O2S. The van der Waals surface area contributed by atoms with E-state index in [2.05, 4.69) is 4.98 Å². The topological polar surface area (TPSA) is 67.8 Å². The van der Waals surface area contributed by atoms with Gasteiger partial charge in [0.15, 0.2) is 10.9 Å². The molecule has 0 radical (unpaired) electrons. The fourth-order valence-electron chi connectivity index (χ4n) is 3.77. The molecule has 0 aliphatic heterocycles. The van der Waals surface area contributed by atoms with Crippen LogP contribution >= 0.6 is 23.4 Å². The first kappa shape index (κ1) is 20.5. The molecule has 158 valence electrons. The molecule has 5 nitrogen and oxygen atoms in total. The first-order valence-electron chi connectivity index (χ1n) is 10.0. The monoisotopic (exact) mass is 459 g/mol. The van der Waals surface area contributed by atoms with Crippen molar-refractivity contribution in [2.75, 3.05) is 5.75 Å². The summed E-state index contributed by atoms with van der Waals surface area (Å²) in [6.07, 6.45) is 1.73. The molecule has 5 rings (SSSR count). The normalized spacial score (nSPS) is 11.3. The van der Waals surface area contributed by atoms with Crippen molar-refractivity contribution >= 4 is 51.0 Å². The van der Waals surface area contributed by atoms with Gasteiger partial charge in [0.05, 0.1) is 22.3 Å². The fourth-order valence-corrected chi connectivity index (χ4v) is 4.83. The van der Waals surface area contributed by atoms with Gasteiger partial charge >= 0.3 is 0 Å². The lowest BCUT2D eigenvalue weighted by atomic mass is 10.1. The van der Waals surface area contributed by atoms with E-state index in [1.807, 2.05) is 55.5 Å². The quantitative estimate of drug-likeness (QED) is 0.205. The summed E-state index contributed by atoms with van der Waals surface area (Å²) in [6, 6.07) is 20.4. The minimum Gasteiger partial charge on any atom is -0.360 e. The number of Topliss-reactive ketones (excluding diaryl/α,β-unsaturated/α-hetero) is 1. The van der Waals surface area contributed by atoms with Crippen LogP contribution < -0.4 is 5.56 Å². The SMILES string of the molecule is Cc1ccccc1-n1c(SCC(=O)c2c[nH]c3ccccc23)nc2cc(Cl)ccc2c1=O. The van der Waals surface area contributed by atoms with Crippen LogP contribution in [-0.4, -0.2) is 26.1 Å². The summed E-state index contributed by atoms with van der Waals surface area (Å²) in [5.41, 5.74) is 3.54. The molecular weight excluding hydrogens is 442 g/mol. The molecule has 7 heteroatoms. The molecule has 0 aliphatic rings. The lowest BCUT2D eigenvalue weighted by molar-refractivity contribution is 0.102. The molecule has 0 spiro atoms. The highest BCUT2D eigenvalue weighted by Crippen LogP contribution is 2.26. The number of rotatable bonds is 5. The first-order valence-corrected chi connectivity index (χ1v) is 11.4. The number of nitrogens with zero attached hydrogens (tertiary/aromatic N) is 2. The van der Waals surface area contributed by atoms with Gasteiger partial charge in [0.25, 0.3) is 5.56 Å². The molecule has 0 fully saturated rings. The second-order valence-corrected chi connectivity index (χ2v) is 8.82. The molecule has 3 aromatic carbocycles.